The minimum atomic E-state index is -0.471. The number of carbonyl (C=O) groups excluding carboxylic acids is 2. The van der Waals surface area contributed by atoms with Crippen LogP contribution in [-0.4, -0.2) is 47.9 Å². The van der Waals surface area contributed by atoms with E-state index in [0.29, 0.717) is 12.8 Å². The van der Waals surface area contributed by atoms with Gasteiger partial charge in [-0.3, -0.25) is 9.59 Å². The number of anilines is 1. The molecular formula is C25H34N2O5. The van der Waals surface area contributed by atoms with E-state index >= 15 is 0 Å². The van der Waals surface area contributed by atoms with Crippen LogP contribution >= 0.6 is 0 Å². The highest BCUT2D eigenvalue weighted by Crippen LogP contribution is 2.47. The average Bonchev–Trinajstić information content (AvgIpc) is 3.10. The Bertz CT molecular complexity index is 849. The van der Waals surface area contributed by atoms with Gasteiger partial charge >= 0.3 is 0 Å². The number of aliphatic hydroxyl groups excluding tert-OH is 1. The number of rotatable bonds is 6. The van der Waals surface area contributed by atoms with Crippen LogP contribution in [0, 0.1) is 5.92 Å². The van der Waals surface area contributed by atoms with Crippen molar-refractivity contribution in [3.05, 3.63) is 23.8 Å². The Morgan fingerprint density at radius 3 is 2.59 bits per heavy atom. The van der Waals surface area contributed by atoms with Gasteiger partial charge in [-0.2, -0.15) is 0 Å². The molecule has 1 saturated heterocycles. The molecule has 2 saturated carbocycles. The zero-order valence-electron chi connectivity index (χ0n) is 18.6. The van der Waals surface area contributed by atoms with Crippen molar-refractivity contribution in [2.24, 2.45) is 5.92 Å². The van der Waals surface area contributed by atoms with E-state index in [1.165, 1.54) is 19.3 Å². The molecule has 0 spiro atoms. The molecule has 2 heterocycles. The molecule has 3 fully saturated rings. The number of aliphatic hydroxyl groups is 1. The molecular weight excluding hydrogens is 408 g/mol. The number of ether oxygens (including phenoxy) is 2. The summed E-state index contributed by atoms with van der Waals surface area (Å²) >= 11 is 0. The molecule has 3 N–H and O–H groups in total. The molecule has 7 nitrogen and oxygen atoms in total. The van der Waals surface area contributed by atoms with Gasteiger partial charge in [-0.05, 0) is 50.3 Å². The van der Waals surface area contributed by atoms with Crippen LogP contribution in [0.25, 0.3) is 0 Å². The van der Waals surface area contributed by atoms with Crippen molar-refractivity contribution in [3.8, 4) is 5.75 Å². The lowest BCUT2D eigenvalue weighted by Crippen LogP contribution is -2.48. The third kappa shape index (κ3) is 4.50. The zero-order chi connectivity index (χ0) is 22.1. The second kappa shape index (κ2) is 9.40. The van der Waals surface area contributed by atoms with Gasteiger partial charge in [-0.25, -0.2) is 0 Å². The lowest BCUT2D eigenvalue weighted by Gasteiger charge is -2.37. The fourth-order valence-corrected chi connectivity index (χ4v) is 5.62. The molecule has 2 aliphatic carbocycles. The SMILES string of the molecule is O=C(C[C@@H]1C[C@H]2c3cc(NC(=O)C4CCC4)ccc3O[C@H]2[C@H](CO)O1)NC1CCCCC1. The quantitative estimate of drug-likeness (QED) is 0.628. The van der Waals surface area contributed by atoms with Crippen molar-refractivity contribution in [1.29, 1.82) is 0 Å². The zero-order valence-corrected chi connectivity index (χ0v) is 18.6. The van der Waals surface area contributed by atoms with Gasteiger partial charge in [0.25, 0.3) is 0 Å². The van der Waals surface area contributed by atoms with Gasteiger partial charge in [0, 0.05) is 29.1 Å². The van der Waals surface area contributed by atoms with E-state index in [1.807, 2.05) is 18.2 Å². The van der Waals surface area contributed by atoms with Crippen LogP contribution in [0.4, 0.5) is 5.69 Å². The van der Waals surface area contributed by atoms with Gasteiger partial charge in [0.2, 0.25) is 11.8 Å². The van der Waals surface area contributed by atoms with Gasteiger partial charge in [0.15, 0.2) is 0 Å². The molecule has 4 aliphatic rings. The Morgan fingerprint density at radius 1 is 1.06 bits per heavy atom. The van der Waals surface area contributed by atoms with E-state index in [2.05, 4.69) is 10.6 Å². The predicted molar refractivity (Wildman–Crippen MR) is 120 cm³/mol. The summed E-state index contributed by atoms with van der Waals surface area (Å²) in [7, 11) is 0. The highest BCUT2D eigenvalue weighted by molar-refractivity contribution is 5.93. The fourth-order valence-electron chi connectivity index (χ4n) is 5.62. The Kier molecular flexibility index (Phi) is 6.37. The minimum absolute atomic E-state index is 0.0256. The van der Waals surface area contributed by atoms with Crippen LogP contribution in [0.2, 0.25) is 0 Å². The van der Waals surface area contributed by atoms with E-state index in [-0.39, 0.29) is 48.5 Å². The van der Waals surface area contributed by atoms with E-state index < -0.39 is 6.10 Å². The van der Waals surface area contributed by atoms with Crippen molar-refractivity contribution >= 4 is 17.5 Å². The summed E-state index contributed by atoms with van der Waals surface area (Å²) in [5.74, 6) is 1.04. The fraction of sp³-hybridized carbons (Fsp3) is 0.680. The lowest BCUT2D eigenvalue weighted by molar-refractivity contribution is -0.142. The molecule has 1 aromatic carbocycles. The normalized spacial score (nSPS) is 29.9. The number of hydrogen-bond acceptors (Lipinski definition) is 5. The Balaban J connectivity index is 1.26. The Hall–Kier alpha value is -2.12. The second-order valence-corrected chi connectivity index (χ2v) is 9.88. The molecule has 7 heteroatoms. The monoisotopic (exact) mass is 442 g/mol. The van der Waals surface area contributed by atoms with E-state index in [0.717, 1.165) is 49.1 Å². The summed E-state index contributed by atoms with van der Waals surface area (Å²) in [4.78, 5) is 25.0. The number of nitrogens with one attached hydrogen (secondary N) is 2. The molecule has 0 aromatic heterocycles. The van der Waals surface area contributed by atoms with Crippen LogP contribution in [0.15, 0.2) is 18.2 Å². The smallest absolute Gasteiger partial charge is 0.227 e. The first kappa shape index (κ1) is 21.7. The molecule has 1 aromatic rings. The standard InChI is InChI=1S/C25H34N2O5/c28-14-22-24-20(12-18(31-22)13-23(29)26-16-7-2-1-3-8-16)19-11-17(9-10-21(19)32-24)27-25(30)15-5-4-6-15/h9-11,15-16,18,20,22,24,28H,1-8,12-14H2,(H,26,29)(H,27,30)/t18-,20-,22-,24+/m0/s1. The number of benzene rings is 1. The molecule has 0 radical (unpaired) electrons. The highest BCUT2D eigenvalue weighted by Gasteiger charge is 2.46. The molecule has 2 aliphatic heterocycles. The average molecular weight is 443 g/mol. The van der Waals surface area contributed by atoms with Crippen molar-refractivity contribution in [1.82, 2.24) is 5.32 Å². The van der Waals surface area contributed by atoms with Crippen LogP contribution in [0.1, 0.15) is 75.7 Å². The topological polar surface area (TPSA) is 96.9 Å². The van der Waals surface area contributed by atoms with E-state index in [1.54, 1.807) is 0 Å². The summed E-state index contributed by atoms with van der Waals surface area (Å²) in [5.41, 5.74) is 1.81. The molecule has 0 unspecified atom stereocenters. The summed E-state index contributed by atoms with van der Waals surface area (Å²) in [5, 5.41) is 16.1. The third-order valence-corrected chi connectivity index (χ3v) is 7.63. The number of fused-ring (bicyclic) bond motifs is 3. The summed E-state index contributed by atoms with van der Waals surface area (Å²) < 4.78 is 12.2. The van der Waals surface area contributed by atoms with Gasteiger partial charge in [0.05, 0.1) is 19.1 Å². The number of carbonyl (C=O) groups is 2. The van der Waals surface area contributed by atoms with Crippen LogP contribution < -0.4 is 15.4 Å². The Morgan fingerprint density at radius 2 is 1.88 bits per heavy atom. The minimum Gasteiger partial charge on any atom is -0.487 e. The van der Waals surface area contributed by atoms with Crippen molar-refractivity contribution in [3.63, 3.8) is 0 Å². The maximum Gasteiger partial charge on any atom is 0.227 e. The largest absolute Gasteiger partial charge is 0.487 e. The van der Waals surface area contributed by atoms with Crippen molar-refractivity contribution < 1.29 is 24.2 Å². The van der Waals surface area contributed by atoms with Crippen LogP contribution in [-0.2, 0) is 14.3 Å². The van der Waals surface area contributed by atoms with Gasteiger partial charge in [0.1, 0.15) is 18.0 Å². The summed E-state index contributed by atoms with van der Waals surface area (Å²) in [6.07, 6.45) is 8.71. The second-order valence-electron chi connectivity index (χ2n) is 9.88. The first-order chi connectivity index (χ1) is 15.6. The van der Waals surface area contributed by atoms with Crippen LogP contribution in [0.3, 0.4) is 0 Å². The molecule has 2 amide bonds. The number of hydrogen-bond donors (Lipinski definition) is 3. The van der Waals surface area contributed by atoms with Crippen LogP contribution in [0.5, 0.6) is 5.75 Å². The highest BCUT2D eigenvalue weighted by atomic mass is 16.6. The maximum atomic E-state index is 12.7. The van der Waals surface area contributed by atoms with Gasteiger partial charge in [-0.15, -0.1) is 0 Å². The maximum absolute atomic E-state index is 12.7. The molecule has 0 bridgehead atoms. The first-order valence-corrected chi connectivity index (χ1v) is 12.3. The van der Waals surface area contributed by atoms with Crippen molar-refractivity contribution in [2.45, 2.75) is 94.5 Å². The summed E-state index contributed by atoms with van der Waals surface area (Å²) in [6, 6.07) is 6.04. The van der Waals surface area contributed by atoms with E-state index in [9.17, 15) is 14.7 Å². The van der Waals surface area contributed by atoms with Gasteiger partial charge < -0.3 is 25.2 Å². The Labute approximate surface area is 189 Å². The number of amides is 2. The first-order valence-electron chi connectivity index (χ1n) is 12.3. The lowest BCUT2D eigenvalue weighted by atomic mass is 9.83. The summed E-state index contributed by atoms with van der Waals surface area (Å²) in [6.45, 7) is -0.152. The van der Waals surface area contributed by atoms with Crippen molar-refractivity contribution in [2.75, 3.05) is 11.9 Å². The van der Waals surface area contributed by atoms with E-state index in [4.69, 9.17) is 9.47 Å². The molecule has 174 valence electrons. The predicted octanol–water partition coefficient (Wildman–Crippen LogP) is 3.26. The molecule has 32 heavy (non-hydrogen) atoms. The molecule has 4 atom stereocenters. The van der Waals surface area contributed by atoms with Gasteiger partial charge in [-0.1, -0.05) is 25.7 Å². The molecule has 5 rings (SSSR count). The third-order valence-electron chi connectivity index (χ3n) is 7.63.